The Morgan fingerprint density at radius 2 is 1.70 bits per heavy atom. The van der Waals surface area contributed by atoms with Crippen LogP contribution in [-0.4, -0.2) is 42.0 Å². The molecule has 1 aromatic rings. The quantitative estimate of drug-likeness (QED) is 0.790. The topological polar surface area (TPSA) is 6.48 Å². The molecule has 1 aliphatic heterocycles. The predicted octanol–water partition coefficient (Wildman–Crippen LogP) is 3.13. The second kappa shape index (κ2) is 9.50. The number of piperazine rings is 1. The van der Waals surface area contributed by atoms with Crippen LogP contribution in [0.2, 0.25) is 0 Å². The fourth-order valence-corrected chi connectivity index (χ4v) is 2.71. The summed E-state index contributed by atoms with van der Waals surface area (Å²) in [6.45, 7) is 14.7. The molecule has 1 fully saturated rings. The summed E-state index contributed by atoms with van der Waals surface area (Å²) in [6.07, 6.45) is 1.25. The summed E-state index contributed by atoms with van der Waals surface area (Å²) in [5.74, 6) is 0. The summed E-state index contributed by atoms with van der Waals surface area (Å²) >= 11 is 0. The SMILES string of the molecule is CC(C)N1CCN(Cc2cccc(P)c2)CC1.CCC. The maximum Gasteiger partial charge on any atom is 0.0235 e. The van der Waals surface area contributed by atoms with Crippen molar-refractivity contribution in [1.29, 1.82) is 0 Å². The molecule has 114 valence electrons. The van der Waals surface area contributed by atoms with Gasteiger partial charge in [-0.25, -0.2) is 0 Å². The first-order valence-corrected chi connectivity index (χ1v) is 8.45. The van der Waals surface area contributed by atoms with Crippen molar-refractivity contribution in [3.63, 3.8) is 0 Å². The van der Waals surface area contributed by atoms with Crippen molar-refractivity contribution < 1.29 is 0 Å². The fraction of sp³-hybridized carbons (Fsp3) is 0.647. The second-order valence-electron chi connectivity index (χ2n) is 5.86. The molecular weight excluding hydrogens is 263 g/mol. The summed E-state index contributed by atoms with van der Waals surface area (Å²) in [6, 6.07) is 9.45. The molecule has 1 heterocycles. The van der Waals surface area contributed by atoms with Crippen LogP contribution >= 0.6 is 9.24 Å². The van der Waals surface area contributed by atoms with Crippen LogP contribution in [0.25, 0.3) is 0 Å². The molecule has 0 aromatic heterocycles. The Morgan fingerprint density at radius 1 is 1.10 bits per heavy atom. The van der Waals surface area contributed by atoms with Gasteiger partial charge < -0.3 is 0 Å². The molecule has 0 N–H and O–H groups in total. The summed E-state index contributed by atoms with van der Waals surface area (Å²) in [5, 5.41) is 1.28. The van der Waals surface area contributed by atoms with Crippen molar-refractivity contribution in [2.45, 2.75) is 46.7 Å². The Balaban J connectivity index is 0.000000612. The molecule has 0 aliphatic carbocycles. The van der Waals surface area contributed by atoms with Gasteiger partial charge in [-0.05, 0) is 24.7 Å². The van der Waals surface area contributed by atoms with Gasteiger partial charge in [-0.2, -0.15) is 0 Å². The smallest absolute Gasteiger partial charge is 0.0235 e. The van der Waals surface area contributed by atoms with Crippen LogP contribution in [0.15, 0.2) is 24.3 Å². The van der Waals surface area contributed by atoms with Crippen LogP contribution in [-0.2, 0) is 6.54 Å². The van der Waals surface area contributed by atoms with E-state index in [9.17, 15) is 0 Å². The Hall–Kier alpha value is -0.430. The van der Waals surface area contributed by atoms with Crippen molar-refractivity contribution in [3.05, 3.63) is 29.8 Å². The van der Waals surface area contributed by atoms with Gasteiger partial charge in [0.15, 0.2) is 0 Å². The van der Waals surface area contributed by atoms with Crippen LogP contribution in [0, 0.1) is 0 Å². The summed E-state index contributed by atoms with van der Waals surface area (Å²) in [7, 11) is 2.77. The zero-order valence-electron chi connectivity index (χ0n) is 13.6. The normalized spacial score (nSPS) is 16.9. The van der Waals surface area contributed by atoms with Crippen molar-refractivity contribution in [1.82, 2.24) is 9.80 Å². The summed E-state index contributed by atoms with van der Waals surface area (Å²) in [5.41, 5.74) is 1.43. The Bertz CT molecular complexity index is 371. The lowest BCUT2D eigenvalue weighted by atomic mass is 10.2. The molecule has 1 aliphatic rings. The number of hydrogen-bond acceptors (Lipinski definition) is 2. The van der Waals surface area contributed by atoms with Gasteiger partial charge in [0.2, 0.25) is 0 Å². The van der Waals surface area contributed by atoms with Crippen LogP contribution in [0.3, 0.4) is 0 Å². The molecule has 1 aromatic carbocycles. The molecule has 2 nitrogen and oxygen atoms in total. The number of benzene rings is 1. The first-order chi connectivity index (χ1) is 9.56. The lowest BCUT2D eigenvalue weighted by Gasteiger charge is -2.36. The Morgan fingerprint density at radius 3 is 2.20 bits per heavy atom. The van der Waals surface area contributed by atoms with Gasteiger partial charge in [0.1, 0.15) is 0 Å². The molecule has 0 saturated carbocycles. The van der Waals surface area contributed by atoms with Gasteiger partial charge in [0.25, 0.3) is 0 Å². The maximum absolute atomic E-state index is 2.77. The maximum atomic E-state index is 2.77. The fourth-order valence-electron chi connectivity index (χ4n) is 2.39. The van der Waals surface area contributed by atoms with Crippen molar-refractivity contribution in [2.24, 2.45) is 0 Å². The minimum Gasteiger partial charge on any atom is -0.298 e. The number of nitrogens with zero attached hydrogens (tertiary/aromatic N) is 2. The van der Waals surface area contributed by atoms with E-state index in [4.69, 9.17) is 0 Å². The zero-order valence-corrected chi connectivity index (χ0v) is 14.8. The molecule has 3 heteroatoms. The van der Waals surface area contributed by atoms with E-state index in [0.29, 0.717) is 6.04 Å². The van der Waals surface area contributed by atoms with E-state index in [2.05, 4.69) is 71.0 Å². The summed E-state index contributed by atoms with van der Waals surface area (Å²) < 4.78 is 0. The minimum absolute atomic E-state index is 0.688. The first-order valence-electron chi connectivity index (χ1n) is 7.87. The molecule has 0 spiro atoms. The highest BCUT2D eigenvalue weighted by molar-refractivity contribution is 7.27. The highest BCUT2D eigenvalue weighted by atomic mass is 31.0. The zero-order chi connectivity index (χ0) is 15.0. The average molecular weight is 294 g/mol. The van der Waals surface area contributed by atoms with Gasteiger partial charge in [0.05, 0.1) is 0 Å². The molecule has 20 heavy (non-hydrogen) atoms. The van der Waals surface area contributed by atoms with E-state index in [1.807, 2.05) is 0 Å². The van der Waals surface area contributed by atoms with Crippen LogP contribution in [0.5, 0.6) is 0 Å². The van der Waals surface area contributed by atoms with Crippen molar-refractivity contribution in [3.8, 4) is 0 Å². The second-order valence-corrected chi connectivity index (χ2v) is 6.52. The van der Waals surface area contributed by atoms with Crippen LogP contribution in [0.1, 0.15) is 39.7 Å². The number of hydrogen-bond donors (Lipinski definition) is 0. The van der Waals surface area contributed by atoms with E-state index in [0.717, 1.165) is 6.54 Å². The van der Waals surface area contributed by atoms with Gasteiger partial charge in [-0.1, -0.05) is 44.5 Å². The minimum atomic E-state index is 0.688. The van der Waals surface area contributed by atoms with Crippen LogP contribution in [0.4, 0.5) is 0 Å². The molecule has 0 radical (unpaired) electrons. The molecule has 0 bridgehead atoms. The standard InChI is InChI=1S/C14H23N2P.C3H8/c1-12(2)16-8-6-15(7-9-16)11-13-4-3-5-14(17)10-13;1-3-2/h3-5,10,12H,6-9,11,17H2,1-2H3;3H2,1-2H3. The van der Waals surface area contributed by atoms with Gasteiger partial charge >= 0.3 is 0 Å². The van der Waals surface area contributed by atoms with Crippen molar-refractivity contribution in [2.75, 3.05) is 26.2 Å². The van der Waals surface area contributed by atoms with Gasteiger partial charge in [0, 0.05) is 38.8 Å². The van der Waals surface area contributed by atoms with E-state index in [-0.39, 0.29) is 0 Å². The predicted molar refractivity (Wildman–Crippen MR) is 93.7 cm³/mol. The van der Waals surface area contributed by atoms with Gasteiger partial charge in [-0.15, -0.1) is 9.24 Å². The largest absolute Gasteiger partial charge is 0.298 e. The third-order valence-electron chi connectivity index (χ3n) is 3.49. The molecule has 1 unspecified atom stereocenters. The number of rotatable bonds is 3. The Kier molecular flexibility index (Phi) is 8.37. The molecule has 0 amide bonds. The van der Waals surface area contributed by atoms with Crippen LogP contribution < -0.4 is 5.30 Å². The van der Waals surface area contributed by atoms with E-state index >= 15 is 0 Å². The highest BCUT2D eigenvalue weighted by Gasteiger charge is 2.18. The summed E-state index contributed by atoms with van der Waals surface area (Å²) in [4.78, 5) is 5.11. The first kappa shape index (κ1) is 17.6. The third-order valence-corrected chi connectivity index (χ3v) is 3.85. The Labute approximate surface area is 127 Å². The van der Waals surface area contributed by atoms with E-state index in [1.54, 1.807) is 0 Å². The van der Waals surface area contributed by atoms with E-state index in [1.165, 1.54) is 43.5 Å². The third kappa shape index (κ3) is 6.35. The lowest BCUT2D eigenvalue weighted by molar-refractivity contribution is 0.104. The van der Waals surface area contributed by atoms with Gasteiger partial charge in [-0.3, -0.25) is 9.80 Å². The lowest BCUT2D eigenvalue weighted by Crippen LogP contribution is -2.48. The monoisotopic (exact) mass is 294 g/mol. The molecule has 1 saturated heterocycles. The highest BCUT2D eigenvalue weighted by Crippen LogP contribution is 2.10. The molecule has 2 rings (SSSR count). The molecule has 1 atom stereocenters. The van der Waals surface area contributed by atoms with E-state index < -0.39 is 0 Å². The van der Waals surface area contributed by atoms with Crippen molar-refractivity contribution >= 4 is 14.5 Å². The average Bonchev–Trinajstić information content (AvgIpc) is 2.40. The molecular formula is C17H31N2P.